The van der Waals surface area contributed by atoms with Gasteiger partial charge in [0, 0.05) is 7.11 Å². The van der Waals surface area contributed by atoms with E-state index in [-0.39, 0.29) is 6.10 Å². The third-order valence-corrected chi connectivity index (χ3v) is 1.50. The molecule has 1 N–H and O–H groups in total. The highest BCUT2D eigenvalue weighted by atomic mass is 16.5. The summed E-state index contributed by atoms with van der Waals surface area (Å²) in [5, 5.41) is 9.21. The maximum Gasteiger partial charge on any atom is 0.0773 e. The molecule has 0 amide bonds. The molecule has 0 saturated carbocycles. The second-order valence-electron chi connectivity index (χ2n) is 2.96. The topological polar surface area (TPSA) is 29.5 Å². The Hall–Kier alpha value is -0.340. The molecule has 0 aromatic rings. The Morgan fingerprint density at radius 2 is 2.27 bits per heavy atom. The van der Waals surface area contributed by atoms with Crippen molar-refractivity contribution in [3.63, 3.8) is 0 Å². The van der Waals surface area contributed by atoms with Gasteiger partial charge in [0.1, 0.15) is 0 Å². The number of ether oxygens (including phenoxy) is 1. The minimum absolute atomic E-state index is 0.306. The average Bonchev–Trinajstić information content (AvgIpc) is 1.87. The molecule has 0 spiro atoms. The van der Waals surface area contributed by atoms with Gasteiger partial charge in [0.05, 0.1) is 12.7 Å². The van der Waals surface area contributed by atoms with Crippen LogP contribution in [0.4, 0.5) is 0 Å². The lowest BCUT2D eigenvalue weighted by Crippen LogP contribution is -2.13. The molecule has 0 bridgehead atoms. The predicted molar refractivity (Wildman–Crippen MR) is 46.5 cm³/mol. The number of rotatable bonds is 6. The van der Waals surface area contributed by atoms with Gasteiger partial charge in [0.15, 0.2) is 0 Å². The normalized spacial score (nSPS) is 13.0. The molecular weight excluding hydrogens is 140 g/mol. The first-order valence-corrected chi connectivity index (χ1v) is 3.98. The number of hydrogen-bond donors (Lipinski definition) is 1. The molecular formula is C9H18O2. The monoisotopic (exact) mass is 158 g/mol. The van der Waals surface area contributed by atoms with Crippen LogP contribution in [0.1, 0.15) is 26.2 Å². The van der Waals surface area contributed by atoms with Gasteiger partial charge in [-0.1, -0.05) is 5.57 Å². The van der Waals surface area contributed by atoms with Crippen LogP contribution in [0, 0.1) is 0 Å². The molecule has 1 unspecified atom stereocenters. The Labute approximate surface area is 68.9 Å². The van der Waals surface area contributed by atoms with E-state index < -0.39 is 0 Å². The number of aliphatic hydroxyl groups excluding tert-OH is 1. The van der Waals surface area contributed by atoms with Gasteiger partial charge < -0.3 is 9.84 Å². The van der Waals surface area contributed by atoms with E-state index in [2.05, 4.69) is 6.58 Å². The average molecular weight is 158 g/mol. The quantitative estimate of drug-likeness (QED) is 0.597. The summed E-state index contributed by atoms with van der Waals surface area (Å²) >= 11 is 0. The summed E-state index contributed by atoms with van der Waals surface area (Å²) in [6.45, 7) is 6.23. The van der Waals surface area contributed by atoms with E-state index in [0.717, 1.165) is 19.3 Å². The van der Waals surface area contributed by atoms with E-state index in [0.29, 0.717) is 6.61 Å². The first-order chi connectivity index (χ1) is 5.16. The van der Waals surface area contributed by atoms with Crippen molar-refractivity contribution < 1.29 is 9.84 Å². The lowest BCUT2D eigenvalue weighted by atomic mass is 10.1. The summed E-state index contributed by atoms with van der Waals surface area (Å²) < 4.78 is 4.79. The summed E-state index contributed by atoms with van der Waals surface area (Å²) in [5.74, 6) is 0. The molecule has 66 valence electrons. The van der Waals surface area contributed by atoms with Gasteiger partial charge in [-0.3, -0.25) is 0 Å². The molecule has 2 nitrogen and oxygen atoms in total. The molecule has 0 aliphatic rings. The second-order valence-corrected chi connectivity index (χ2v) is 2.96. The van der Waals surface area contributed by atoms with E-state index in [1.54, 1.807) is 7.11 Å². The van der Waals surface area contributed by atoms with Crippen LogP contribution in [0.2, 0.25) is 0 Å². The Morgan fingerprint density at radius 3 is 2.73 bits per heavy atom. The SMILES string of the molecule is C=C(C)CCCC(O)COC. The van der Waals surface area contributed by atoms with Gasteiger partial charge >= 0.3 is 0 Å². The van der Waals surface area contributed by atoms with E-state index in [1.807, 2.05) is 6.92 Å². The van der Waals surface area contributed by atoms with Gasteiger partial charge in [-0.25, -0.2) is 0 Å². The van der Waals surface area contributed by atoms with Crippen LogP contribution in [0.5, 0.6) is 0 Å². The number of allylic oxidation sites excluding steroid dienone is 1. The second kappa shape index (κ2) is 6.38. The predicted octanol–water partition coefficient (Wildman–Crippen LogP) is 1.74. The molecule has 0 fully saturated rings. The first-order valence-electron chi connectivity index (χ1n) is 3.98. The largest absolute Gasteiger partial charge is 0.391 e. The summed E-state index contributed by atoms with van der Waals surface area (Å²) in [6, 6.07) is 0. The lowest BCUT2D eigenvalue weighted by Gasteiger charge is -2.08. The molecule has 1 atom stereocenters. The van der Waals surface area contributed by atoms with Crippen molar-refractivity contribution in [2.24, 2.45) is 0 Å². The van der Waals surface area contributed by atoms with Crippen molar-refractivity contribution in [3.05, 3.63) is 12.2 Å². The fourth-order valence-electron chi connectivity index (χ4n) is 0.915. The summed E-state index contributed by atoms with van der Waals surface area (Å²) in [6.07, 6.45) is 2.50. The van der Waals surface area contributed by atoms with Gasteiger partial charge in [0.2, 0.25) is 0 Å². The van der Waals surface area contributed by atoms with Crippen molar-refractivity contribution in [3.8, 4) is 0 Å². The molecule has 11 heavy (non-hydrogen) atoms. The van der Waals surface area contributed by atoms with Gasteiger partial charge in [0.25, 0.3) is 0 Å². The van der Waals surface area contributed by atoms with Crippen LogP contribution in [-0.4, -0.2) is 24.9 Å². The zero-order valence-electron chi connectivity index (χ0n) is 7.47. The van der Waals surface area contributed by atoms with E-state index in [1.165, 1.54) is 5.57 Å². The molecule has 2 heteroatoms. The van der Waals surface area contributed by atoms with Crippen LogP contribution in [0.3, 0.4) is 0 Å². The van der Waals surface area contributed by atoms with Crippen LogP contribution in [-0.2, 0) is 4.74 Å². The van der Waals surface area contributed by atoms with Crippen molar-refractivity contribution in [2.75, 3.05) is 13.7 Å². The third-order valence-electron chi connectivity index (χ3n) is 1.50. The standard InChI is InChI=1S/C9H18O2/c1-8(2)5-4-6-9(10)7-11-3/h9-10H,1,4-7H2,2-3H3. The van der Waals surface area contributed by atoms with Crippen molar-refractivity contribution in [1.82, 2.24) is 0 Å². The minimum Gasteiger partial charge on any atom is -0.391 e. The Bertz CT molecular complexity index is 110. The van der Waals surface area contributed by atoms with Crippen molar-refractivity contribution >= 4 is 0 Å². The molecule has 0 rings (SSSR count). The highest BCUT2D eigenvalue weighted by Gasteiger charge is 2.01. The number of aliphatic hydroxyl groups is 1. The molecule has 0 heterocycles. The highest BCUT2D eigenvalue weighted by molar-refractivity contribution is 4.87. The van der Waals surface area contributed by atoms with Gasteiger partial charge in [-0.15, -0.1) is 6.58 Å². The fraction of sp³-hybridized carbons (Fsp3) is 0.778. The Kier molecular flexibility index (Phi) is 6.18. The maximum absolute atomic E-state index is 9.21. The molecule has 0 aromatic carbocycles. The zero-order chi connectivity index (χ0) is 8.69. The van der Waals surface area contributed by atoms with E-state index in [4.69, 9.17) is 4.74 Å². The van der Waals surface area contributed by atoms with Crippen LogP contribution < -0.4 is 0 Å². The third kappa shape index (κ3) is 7.56. The molecule has 0 saturated heterocycles. The van der Waals surface area contributed by atoms with E-state index >= 15 is 0 Å². The Morgan fingerprint density at radius 1 is 1.64 bits per heavy atom. The fourth-order valence-corrected chi connectivity index (χ4v) is 0.915. The van der Waals surface area contributed by atoms with Gasteiger partial charge in [-0.05, 0) is 26.2 Å². The van der Waals surface area contributed by atoms with Crippen LogP contribution in [0.15, 0.2) is 12.2 Å². The molecule has 0 aromatic heterocycles. The zero-order valence-corrected chi connectivity index (χ0v) is 7.47. The minimum atomic E-state index is -0.306. The van der Waals surface area contributed by atoms with E-state index in [9.17, 15) is 5.11 Å². The van der Waals surface area contributed by atoms with Crippen molar-refractivity contribution in [1.29, 1.82) is 0 Å². The number of hydrogen-bond acceptors (Lipinski definition) is 2. The molecule has 0 aliphatic carbocycles. The highest BCUT2D eigenvalue weighted by Crippen LogP contribution is 2.06. The summed E-state index contributed by atoms with van der Waals surface area (Å²) in [7, 11) is 1.60. The Balaban J connectivity index is 3.16. The summed E-state index contributed by atoms with van der Waals surface area (Å²) in [4.78, 5) is 0. The lowest BCUT2D eigenvalue weighted by molar-refractivity contribution is 0.0581. The van der Waals surface area contributed by atoms with Crippen LogP contribution in [0.25, 0.3) is 0 Å². The van der Waals surface area contributed by atoms with Crippen LogP contribution >= 0.6 is 0 Å². The first kappa shape index (κ1) is 10.7. The molecule has 0 aliphatic heterocycles. The number of methoxy groups -OCH3 is 1. The van der Waals surface area contributed by atoms with Gasteiger partial charge in [-0.2, -0.15) is 0 Å². The smallest absolute Gasteiger partial charge is 0.0773 e. The summed E-state index contributed by atoms with van der Waals surface area (Å²) in [5.41, 5.74) is 1.18. The maximum atomic E-state index is 9.21. The molecule has 0 radical (unpaired) electrons. The van der Waals surface area contributed by atoms with Crippen molar-refractivity contribution in [2.45, 2.75) is 32.3 Å².